The minimum absolute atomic E-state index is 0.127. The fourth-order valence-corrected chi connectivity index (χ4v) is 2.71. The van der Waals surface area contributed by atoms with Crippen LogP contribution in [0.25, 0.3) is 5.57 Å². The Morgan fingerprint density at radius 2 is 1.95 bits per heavy atom. The zero-order valence-electron chi connectivity index (χ0n) is 12.2. The summed E-state index contributed by atoms with van der Waals surface area (Å²) >= 11 is 0. The number of carbonyl (C=O) groups excluding carboxylic acids is 1. The summed E-state index contributed by atoms with van der Waals surface area (Å²) in [6.45, 7) is 5.63. The van der Waals surface area contributed by atoms with Gasteiger partial charge in [0.15, 0.2) is 0 Å². The standard InChI is InChI=1S/C16H17N3O2/c1-9-6-10(2)8-12(7-9)13-4-5-14(17-11(3)20)16-15(13)18-21-19-16/h4-8,15,18H,1-3H3,(H,17,20). The van der Waals surface area contributed by atoms with Crippen LogP contribution in [0, 0.1) is 13.8 Å². The molecule has 0 fully saturated rings. The number of hydroxylamine groups is 1. The SMILES string of the molecule is CC(=O)NC1=CC=C(c2cc(C)cc(C)c2)C2NON=C12. The van der Waals surface area contributed by atoms with Crippen LogP contribution in [0.1, 0.15) is 23.6 Å². The molecule has 108 valence electrons. The van der Waals surface area contributed by atoms with E-state index in [1.165, 1.54) is 18.1 Å². The van der Waals surface area contributed by atoms with Crippen LogP contribution in [0.5, 0.6) is 0 Å². The van der Waals surface area contributed by atoms with E-state index in [1.54, 1.807) is 0 Å². The van der Waals surface area contributed by atoms with Crippen LogP contribution in [-0.4, -0.2) is 17.7 Å². The minimum Gasteiger partial charge on any atom is -0.325 e. The Morgan fingerprint density at radius 3 is 2.62 bits per heavy atom. The van der Waals surface area contributed by atoms with Gasteiger partial charge in [0, 0.05) is 6.92 Å². The molecule has 2 aliphatic rings. The molecule has 0 bridgehead atoms. The summed E-state index contributed by atoms with van der Waals surface area (Å²) in [5.41, 5.74) is 8.87. The molecule has 1 unspecified atom stereocenters. The zero-order chi connectivity index (χ0) is 15.0. The lowest BCUT2D eigenvalue weighted by Gasteiger charge is -2.21. The summed E-state index contributed by atoms with van der Waals surface area (Å²) < 4.78 is 0. The third kappa shape index (κ3) is 2.60. The summed E-state index contributed by atoms with van der Waals surface area (Å²) in [6.07, 6.45) is 3.85. The molecule has 0 saturated carbocycles. The summed E-state index contributed by atoms with van der Waals surface area (Å²) in [7, 11) is 0. The molecule has 1 heterocycles. The van der Waals surface area contributed by atoms with Crippen molar-refractivity contribution in [3.05, 3.63) is 52.7 Å². The quantitative estimate of drug-likeness (QED) is 0.872. The summed E-state index contributed by atoms with van der Waals surface area (Å²) in [5.74, 6) is -0.127. The molecule has 1 aromatic rings. The number of nitrogens with one attached hydrogen (secondary N) is 2. The molecule has 0 saturated heterocycles. The highest BCUT2D eigenvalue weighted by Gasteiger charge is 2.33. The fraction of sp³-hybridized carbons (Fsp3) is 0.250. The van der Waals surface area contributed by atoms with Gasteiger partial charge in [0.25, 0.3) is 0 Å². The number of amides is 1. The third-order valence-corrected chi connectivity index (χ3v) is 3.47. The van der Waals surface area contributed by atoms with Gasteiger partial charge >= 0.3 is 0 Å². The first kappa shape index (κ1) is 13.6. The first-order valence-corrected chi connectivity index (χ1v) is 6.82. The maximum absolute atomic E-state index is 11.3. The van der Waals surface area contributed by atoms with E-state index in [-0.39, 0.29) is 11.9 Å². The lowest BCUT2D eigenvalue weighted by atomic mass is 9.88. The van der Waals surface area contributed by atoms with Crippen molar-refractivity contribution >= 4 is 17.2 Å². The van der Waals surface area contributed by atoms with E-state index >= 15 is 0 Å². The largest absolute Gasteiger partial charge is 0.325 e. The molecule has 1 aliphatic carbocycles. The number of hydrogen-bond donors (Lipinski definition) is 2. The molecule has 21 heavy (non-hydrogen) atoms. The van der Waals surface area contributed by atoms with E-state index in [2.05, 4.69) is 48.0 Å². The Kier molecular flexibility index (Phi) is 3.35. The molecular formula is C16H17N3O2. The molecule has 3 rings (SSSR count). The average Bonchev–Trinajstić information content (AvgIpc) is 2.86. The predicted octanol–water partition coefficient (Wildman–Crippen LogP) is 1.98. The molecule has 5 heteroatoms. The van der Waals surface area contributed by atoms with Gasteiger partial charge in [-0.1, -0.05) is 40.6 Å². The van der Waals surface area contributed by atoms with Crippen LogP contribution in [0.4, 0.5) is 0 Å². The van der Waals surface area contributed by atoms with Crippen molar-refractivity contribution < 1.29 is 9.73 Å². The van der Waals surface area contributed by atoms with Gasteiger partial charge in [-0.25, -0.2) is 0 Å². The van der Waals surface area contributed by atoms with Gasteiger partial charge in [0.05, 0.1) is 5.70 Å². The van der Waals surface area contributed by atoms with Gasteiger partial charge in [0.2, 0.25) is 5.91 Å². The molecule has 0 spiro atoms. The Morgan fingerprint density at radius 1 is 1.24 bits per heavy atom. The van der Waals surface area contributed by atoms with Crippen molar-refractivity contribution in [3.63, 3.8) is 0 Å². The van der Waals surface area contributed by atoms with Gasteiger partial charge in [0.1, 0.15) is 11.8 Å². The number of aryl methyl sites for hydroxylation is 2. The highest BCUT2D eigenvalue weighted by molar-refractivity contribution is 6.14. The molecule has 5 nitrogen and oxygen atoms in total. The summed E-state index contributed by atoms with van der Waals surface area (Å²) in [6, 6.07) is 6.23. The van der Waals surface area contributed by atoms with Crippen molar-refractivity contribution in [1.82, 2.24) is 10.8 Å². The molecular weight excluding hydrogens is 266 g/mol. The predicted molar refractivity (Wildman–Crippen MR) is 81.2 cm³/mol. The Labute approximate surface area is 123 Å². The maximum atomic E-state index is 11.3. The fourth-order valence-electron chi connectivity index (χ4n) is 2.71. The van der Waals surface area contributed by atoms with Crippen molar-refractivity contribution in [3.8, 4) is 0 Å². The smallest absolute Gasteiger partial charge is 0.221 e. The van der Waals surface area contributed by atoms with Gasteiger partial charge in [-0.3, -0.25) is 9.73 Å². The van der Waals surface area contributed by atoms with Gasteiger partial charge in [-0.05, 0) is 31.1 Å². The van der Waals surface area contributed by atoms with Crippen LogP contribution >= 0.6 is 0 Å². The second kappa shape index (κ2) is 5.18. The van der Waals surface area contributed by atoms with Gasteiger partial charge in [-0.15, -0.1) is 5.48 Å². The third-order valence-electron chi connectivity index (χ3n) is 3.47. The monoisotopic (exact) mass is 283 g/mol. The number of oxime groups is 1. The molecule has 1 atom stereocenters. The molecule has 1 amide bonds. The van der Waals surface area contributed by atoms with E-state index in [0.29, 0.717) is 11.4 Å². The Balaban J connectivity index is 2.03. The first-order chi connectivity index (χ1) is 10.0. The van der Waals surface area contributed by atoms with E-state index in [9.17, 15) is 4.79 Å². The van der Waals surface area contributed by atoms with E-state index in [1.807, 2.05) is 12.2 Å². The summed E-state index contributed by atoms with van der Waals surface area (Å²) in [4.78, 5) is 16.3. The zero-order valence-corrected chi connectivity index (χ0v) is 12.2. The highest BCUT2D eigenvalue weighted by Crippen LogP contribution is 2.28. The van der Waals surface area contributed by atoms with Crippen LogP contribution < -0.4 is 10.8 Å². The Bertz CT molecular complexity index is 681. The normalized spacial score (nSPS) is 20.0. The van der Waals surface area contributed by atoms with E-state index in [0.717, 1.165) is 11.1 Å². The molecule has 0 aromatic heterocycles. The van der Waals surface area contributed by atoms with Gasteiger partial charge in [-0.2, -0.15) is 0 Å². The Hall–Kier alpha value is -2.40. The van der Waals surface area contributed by atoms with Crippen LogP contribution in [0.3, 0.4) is 0 Å². The van der Waals surface area contributed by atoms with Crippen LogP contribution in [-0.2, 0) is 9.73 Å². The maximum Gasteiger partial charge on any atom is 0.221 e. The molecule has 1 aliphatic heterocycles. The van der Waals surface area contributed by atoms with Crippen molar-refractivity contribution in [2.75, 3.05) is 0 Å². The number of benzene rings is 1. The van der Waals surface area contributed by atoms with Crippen molar-refractivity contribution in [2.45, 2.75) is 26.8 Å². The van der Waals surface area contributed by atoms with Crippen LogP contribution in [0.2, 0.25) is 0 Å². The highest BCUT2D eigenvalue weighted by atomic mass is 16.8. The number of allylic oxidation sites excluding steroid dienone is 2. The van der Waals surface area contributed by atoms with Gasteiger partial charge < -0.3 is 5.32 Å². The second-order valence-electron chi connectivity index (χ2n) is 5.38. The molecule has 1 aromatic carbocycles. The number of rotatable bonds is 2. The van der Waals surface area contributed by atoms with E-state index in [4.69, 9.17) is 4.94 Å². The van der Waals surface area contributed by atoms with E-state index < -0.39 is 0 Å². The van der Waals surface area contributed by atoms with Crippen LogP contribution in [0.15, 0.2) is 41.2 Å². The van der Waals surface area contributed by atoms with Crippen molar-refractivity contribution in [2.24, 2.45) is 5.16 Å². The number of fused-ring (bicyclic) bond motifs is 1. The molecule has 2 N–H and O–H groups in total. The topological polar surface area (TPSA) is 62.7 Å². The number of hydrogen-bond acceptors (Lipinski definition) is 4. The molecule has 0 radical (unpaired) electrons. The first-order valence-electron chi connectivity index (χ1n) is 6.82. The lowest BCUT2D eigenvalue weighted by Crippen LogP contribution is -2.38. The number of carbonyl (C=O) groups is 1. The lowest BCUT2D eigenvalue weighted by molar-refractivity contribution is -0.118. The van der Waals surface area contributed by atoms with Crippen molar-refractivity contribution in [1.29, 1.82) is 0 Å². The summed E-state index contributed by atoms with van der Waals surface area (Å²) in [5, 5.41) is 6.77. The average molecular weight is 283 g/mol. The number of nitrogens with zero attached hydrogens (tertiary/aromatic N) is 1. The minimum atomic E-state index is -0.168. The second-order valence-corrected chi connectivity index (χ2v) is 5.38.